The fraction of sp³-hybridized carbons (Fsp3) is 0.214. The van der Waals surface area contributed by atoms with Crippen LogP contribution in [0, 0.1) is 25.5 Å². The molecule has 2 rings (SSSR count). The van der Waals surface area contributed by atoms with Crippen LogP contribution in [0.4, 0.5) is 14.6 Å². The maximum absolute atomic E-state index is 13.0. The molecule has 0 bridgehead atoms. The van der Waals surface area contributed by atoms with Gasteiger partial charge in [-0.05, 0) is 43.2 Å². The molecule has 4 nitrogen and oxygen atoms in total. The van der Waals surface area contributed by atoms with Gasteiger partial charge in [0.15, 0.2) is 17.5 Å². The smallest absolute Gasteiger partial charge is 0.229 e. The van der Waals surface area contributed by atoms with Crippen molar-refractivity contribution in [3.05, 3.63) is 52.7 Å². The first kappa shape index (κ1) is 14.0. The van der Waals surface area contributed by atoms with Gasteiger partial charge in [-0.15, -0.1) is 5.10 Å². The van der Waals surface area contributed by atoms with Crippen molar-refractivity contribution in [3.63, 3.8) is 0 Å². The van der Waals surface area contributed by atoms with E-state index in [9.17, 15) is 13.6 Å². The van der Waals surface area contributed by atoms with E-state index in [1.807, 2.05) is 13.8 Å². The van der Waals surface area contributed by atoms with Crippen LogP contribution in [0.15, 0.2) is 24.3 Å². The van der Waals surface area contributed by atoms with Gasteiger partial charge in [0.25, 0.3) is 0 Å². The second-order valence-corrected chi connectivity index (χ2v) is 4.47. The van der Waals surface area contributed by atoms with Gasteiger partial charge >= 0.3 is 0 Å². The van der Waals surface area contributed by atoms with E-state index in [1.54, 1.807) is 6.07 Å². The summed E-state index contributed by atoms with van der Waals surface area (Å²) < 4.78 is 25.8. The molecule has 0 aliphatic carbocycles. The van der Waals surface area contributed by atoms with Crippen LogP contribution in [-0.4, -0.2) is 16.1 Å². The number of carbonyl (C=O) groups excluding carboxylic acids is 1. The number of nitrogens with zero attached hydrogens (tertiary/aromatic N) is 2. The van der Waals surface area contributed by atoms with E-state index in [-0.39, 0.29) is 12.3 Å². The zero-order valence-electron chi connectivity index (χ0n) is 11.1. The van der Waals surface area contributed by atoms with E-state index < -0.39 is 11.6 Å². The Balaban J connectivity index is 2.04. The number of amides is 1. The zero-order chi connectivity index (χ0) is 14.7. The predicted molar refractivity (Wildman–Crippen MR) is 70.2 cm³/mol. The summed E-state index contributed by atoms with van der Waals surface area (Å²) in [5.74, 6) is -1.94. The molecule has 2 aromatic rings. The quantitative estimate of drug-likeness (QED) is 0.938. The fourth-order valence-corrected chi connectivity index (χ4v) is 1.63. The molecule has 1 N–H and O–H groups in total. The number of halogens is 2. The third-order valence-electron chi connectivity index (χ3n) is 2.85. The van der Waals surface area contributed by atoms with Crippen LogP contribution in [0.2, 0.25) is 0 Å². The maximum atomic E-state index is 13.0. The number of hydrogen-bond donors (Lipinski definition) is 1. The highest BCUT2D eigenvalue weighted by molar-refractivity contribution is 5.91. The third kappa shape index (κ3) is 3.34. The van der Waals surface area contributed by atoms with Crippen molar-refractivity contribution in [3.8, 4) is 0 Å². The molecule has 1 heterocycles. The summed E-state index contributed by atoms with van der Waals surface area (Å²) >= 11 is 0. The first-order chi connectivity index (χ1) is 9.45. The Bertz CT molecular complexity index is 603. The molecule has 0 atom stereocenters. The van der Waals surface area contributed by atoms with Gasteiger partial charge in [-0.2, -0.15) is 5.10 Å². The van der Waals surface area contributed by atoms with E-state index in [0.717, 1.165) is 23.4 Å². The second-order valence-electron chi connectivity index (χ2n) is 4.47. The van der Waals surface area contributed by atoms with Gasteiger partial charge in [-0.25, -0.2) is 8.78 Å². The largest absolute Gasteiger partial charge is 0.309 e. The molecule has 0 fully saturated rings. The monoisotopic (exact) mass is 277 g/mol. The number of hydrogen-bond acceptors (Lipinski definition) is 3. The van der Waals surface area contributed by atoms with Crippen LogP contribution in [0.5, 0.6) is 0 Å². The Hall–Kier alpha value is -2.37. The Morgan fingerprint density at radius 2 is 1.90 bits per heavy atom. The summed E-state index contributed by atoms with van der Waals surface area (Å²) in [7, 11) is 0. The molecule has 104 valence electrons. The second kappa shape index (κ2) is 5.73. The molecule has 0 saturated heterocycles. The Morgan fingerprint density at radius 3 is 2.55 bits per heavy atom. The molecular formula is C14H13F2N3O. The van der Waals surface area contributed by atoms with E-state index in [1.165, 1.54) is 6.07 Å². The van der Waals surface area contributed by atoms with Gasteiger partial charge in [0.05, 0.1) is 12.1 Å². The van der Waals surface area contributed by atoms with Gasteiger partial charge < -0.3 is 5.32 Å². The topological polar surface area (TPSA) is 54.9 Å². The van der Waals surface area contributed by atoms with Crippen LogP contribution in [-0.2, 0) is 11.2 Å². The summed E-state index contributed by atoms with van der Waals surface area (Å²) in [5, 5.41) is 10.3. The number of aromatic nitrogens is 2. The SMILES string of the molecule is Cc1cc(NC(=O)Cc2ccc(F)c(F)c2)nnc1C. The molecule has 1 amide bonds. The first-order valence-electron chi connectivity index (χ1n) is 6.00. The average molecular weight is 277 g/mol. The highest BCUT2D eigenvalue weighted by Gasteiger charge is 2.09. The van der Waals surface area contributed by atoms with Crippen LogP contribution < -0.4 is 5.32 Å². The number of rotatable bonds is 3. The lowest BCUT2D eigenvalue weighted by Crippen LogP contribution is -2.16. The molecule has 0 aliphatic heterocycles. The van der Waals surface area contributed by atoms with Gasteiger partial charge in [-0.3, -0.25) is 4.79 Å². The molecule has 0 radical (unpaired) electrons. The first-order valence-corrected chi connectivity index (χ1v) is 6.00. The van der Waals surface area contributed by atoms with Crippen molar-refractivity contribution in [2.75, 3.05) is 5.32 Å². The Labute approximate surface area is 114 Å². The van der Waals surface area contributed by atoms with Gasteiger partial charge in [-0.1, -0.05) is 6.07 Å². The van der Waals surface area contributed by atoms with Gasteiger partial charge in [0.1, 0.15) is 0 Å². The van der Waals surface area contributed by atoms with Crippen molar-refractivity contribution in [1.29, 1.82) is 0 Å². The van der Waals surface area contributed by atoms with Gasteiger partial charge in [0.2, 0.25) is 5.91 Å². The van der Waals surface area contributed by atoms with Crippen LogP contribution >= 0.6 is 0 Å². The Kier molecular flexibility index (Phi) is 4.02. The van der Waals surface area contributed by atoms with Gasteiger partial charge in [0, 0.05) is 0 Å². The summed E-state index contributed by atoms with van der Waals surface area (Å²) in [6.07, 6.45) is -0.0637. The summed E-state index contributed by atoms with van der Waals surface area (Å²) in [6, 6.07) is 5.06. The van der Waals surface area contributed by atoms with E-state index in [4.69, 9.17) is 0 Å². The number of nitrogens with one attached hydrogen (secondary N) is 1. The fourth-order valence-electron chi connectivity index (χ4n) is 1.63. The molecule has 0 saturated carbocycles. The minimum atomic E-state index is -0.971. The maximum Gasteiger partial charge on any atom is 0.229 e. The minimum Gasteiger partial charge on any atom is -0.309 e. The molecule has 1 aromatic carbocycles. The predicted octanol–water partition coefficient (Wildman–Crippen LogP) is 2.55. The van der Waals surface area contributed by atoms with E-state index in [2.05, 4.69) is 15.5 Å². The lowest BCUT2D eigenvalue weighted by atomic mass is 10.1. The molecular weight excluding hydrogens is 264 g/mol. The minimum absolute atomic E-state index is 0.0637. The highest BCUT2D eigenvalue weighted by Crippen LogP contribution is 2.11. The molecule has 0 spiro atoms. The van der Waals surface area contributed by atoms with Crippen LogP contribution in [0.1, 0.15) is 16.8 Å². The molecule has 1 aromatic heterocycles. The normalized spacial score (nSPS) is 10.4. The number of aryl methyl sites for hydroxylation is 2. The summed E-state index contributed by atoms with van der Waals surface area (Å²) in [6.45, 7) is 3.67. The lowest BCUT2D eigenvalue weighted by Gasteiger charge is -2.06. The van der Waals surface area contributed by atoms with Crippen molar-refractivity contribution in [1.82, 2.24) is 10.2 Å². The van der Waals surface area contributed by atoms with Crippen molar-refractivity contribution >= 4 is 11.7 Å². The van der Waals surface area contributed by atoms with Crippen molar-refractivity contribution in [2.45, 2.75) is 20.3 Å². The van der Waals surface area contributed by atoms with Crippen LogP contribution in [0.25, 0.3) is 0 Å². The zero-order valence-corrected chi connectivity index (χ0v) is 11.1. The van der Waals surface area contributed by atoms with E-state index in [0.29, 0.717) is 11.4 Å². The lowest BCUT2D eigenvalue weighted by molar-refractivity contribution is -0.115. The van der Waals surface area contributed by atoms with E-state index >= 15 is 0 Å². The number of benzene rings is 1. The number of anilines is 1. The Morgan fingerprint density at radius 1 is 1.15 bits per heavy atom. The molecule has 0 unspecified atom stereocenters. The third-order valence-corrected chi connectivity index (χ3v) is 2.85. The number of carbonyl (C=O) groups is 1. The van der Waals surface area contributed by atoms with Crippen LogP contribution in [0.3, 0.4) is 0 Å². The molecule has 0 aliphatic rings. The summed E-state index contributed by atoms with van der Waals surface area (Å²) in [4.78, 5) is 11.8. The highest BCUT2D eigenvalue weighted by atomic mass is 19.2. The van der Waals surface area contributed by atoms with Crippen molar-refractivity contribution < 1.29 is 13.6 Å². The standard InChI is InChI=1S/C14H13F2N3O/c1-8-5-13(19-18-9(8)2)17-14(20)7-10-3-4-11(15)12(16)6-10/h3-6H,7H2,1-2H3,(H,17,19,20). The molecule has 20 heavy (non-hydrogen) atoms. The van der Waals surface area contributed by atoms with Crippen molar-refractivity contribution in [2.24, 2.45) is 0 Å². The molecule has 6 heteroatoms. The summed E-state index contributed by atoms with van der Waals surface area (Å²) in [5.41, 5.74) is 2.07. The average Bonchev–Trinajstić information content (AvgIpc) is 2.38.